The number of hydrogen-bond donors (Lipinski definition) is 0. The van der Waals surface area contributed by atoms with Crippen LogP contribution in [0.5, 0.6) is 17.2 Å². The summed E-state index contributed by atoms with van der Waals surface area (Å²) in [6.07, 6.45) is 3.96. The summed E-state index contributed by atoms with van der Waals surface area (Å²) in [5.74, 6) is 1.91. The Kier molecular flexibility index (Phi) is 6.95. The summed E-state index contributed by atoms with van der Waals surface area (Å²) >= 11 is 0. The maximum Gasteiger partial charge on any atom is 0.164 e. The third kappa shape index (κ3) is 5.15. The van der Waals surface area contributed by atoms with Gasteiger partial charge in [-0.3, -0.25) is 9.80 Å². The lowest BCUT2D eigenvalue weighted by molar-refractivity contribution is -0.144. The van der Waals surface area contributed by atoms with E-state index >= 15 is 0 Å². The van der Waals surface area contributed by atoms with Crippen molar-refractivity contribution in [1.82, 2.24) is 14.9 Å². The Hall–Kier alpha value is -3.07. The zero-order valence-corrected chi connectivity index (χ0v) is 20.5. The van der Waals surface area contributed by atoms with E-state index in [-0.39, 0.29) is 11.9 Å². The van der Waals surface area contributed by atoms with Crippen molar-refractivity contribution in [2.24, 2.45) is 0 Å². The van der Waals surface area contributed by atoms with Crippen LogP contribution in [0.1, 0.15) is 18.1 Å². The predicted molar refractivity (Wildman–Crippen MR) is 133 cm³/mol. The van der Waals surface area contributed by atoms with Crippen LogP contribution in [0, 0.1) is 5.82 Å². The van der Waals surface area contributed by atoms with Crippen LogP contribution in [0.25, 0.3) is 11.6 Å². The second-order valence-electron chi connectivity index (χ2n) is 9.20. The largest absolute Gasteiger partial charge is 0.493 e. The van der Waals surface area contributed by atoms with Gasteiger partial charge < -0.3 is 19.0 Å². The van der Waals surface area contributed by atoms with E-state index in [1.807, 2.05) is 35.6 Å². The first kappa shape index (κ1) is 23.7. The molecule has 8 heteroatoms. The lowest BCUT2D eigenvalue weighted by Crippen LogP contribution is -2.52. The number of hydroxylamine groups is 2. The summed E-state index contributed by atoms with van der Waals surface area (Å²) in [5, 5.41) is 2.00. The van der Waals surface area contributed by atoms with Crippen LogP contribution in [0.3, 0.4) is 0 Å². The molecular formula is C27H32FN3O4. The minimum absolute atomic E-state index is 0.0412. The van der Waals surface area contributed by atoms with Gasteiger partial charge in [-0.25, -0.2) is 4.39 Å². The molecule has 0 N–H and O–H groups in total. The first-order valence-electron chi connectivity index (χ1n) is 11.9. The molecule has 3 heterocycles. The Morgan fingerprint density at radius 3 is 2.43 bits per heavy atom. The average molecular weight is 482 g/mol. The predicted octanol–water partition coefficient (Wildman–Crippen LogP) is 3.87. The van der Waals surface area contributed by atoms with Crippen LogP contribution in [-0.4, -0.2) is 81.1 Å². The van der Waals surface area contributed by atoms with Crippen molar-refractivity contribution in [2.45, 2.75) is 13.0 Å². The van der Waals surface area contributed by atoms with Crippen LogP contribution in [0.4, 0.5) is 4.39 Å². The summed E-state index contributed by atoms with van der Waals surface area (Å²) < 4.78 is 30.1. The number of hydrogen-bond acceptors (Lipinski definition) is 7. The second-order valence-corrected chi connectivity index (χ2v) is 9.20. The minimum Gasteiger partial charge on any atom is -0.493 e. The van der Waals surface area contributed by atoms with Gasteiger partial charge in [0.25, 0.3) is 0 Å². The van der Waals surface area contributed by atoms with E-state index in [1.165, 1.54) is 17.7 Å². The van der Waals surface area contributed by atoms with E-state index in [1.54, 1.807) is 14.2 Å². The van der Waals surface area contributed by atoms with Crippen molar-refractivity contribution in [3.8, 4) is 17.2 Å². The maximum absolute atomic E-state index is 13.1. The Balaban J connectivity index is 1.14. The standard InChI is InChI=1S/C27H32FN3O4/c1-19(12-20-4-6-21(28)7-5-20)15-29-8-10-30(11-9-29)18-31-24-17-34-25-14-27(33-3)26(32-2)13-22(25)23(24)16-35-31/h4-7,12-14,16,24H,8-11,15,17-18H2,1-3H3/b19-12+. The molecule has 0 aromatic heterocycles. The molecule has 0 spiro atoms. The fraction of sp³-hybridized carbons (Fsp3) is 0.407. The first-order chi connectivity index (χ1) is 17.0. The molecule has 35 heavy (non-hydrogen) atoms. The van der Waals surface area contributed by atoms with Crippen molar-refractivity contribution in [2.75, 3.05) is 60.2 Å². The molecule has 0 aliphatic carbocycles. The van der Waals surface area contributed by atoms with E-state index < -0.39 is 0 Å². The molecule has 2 aromatic carbocycles. The monoisotopic (exact) mass is 481 g/mol. The van der Waals surface area contributed by atoms with Crippen molar-refractivity contribution in [3.05, 3.63) is 65.2 Å². The molecule has 5 rings (SSSR count). The van der Waals surface area contributed by atoms with E-state index in [0.29, 0.717) is 18.1 Å². The molecule has 1 unspecified atom stereocenters. The normalized spacial score (nSPS) is 21.0. The van der Waals surface area contributed by atoms with E-state index in [9.17, 15) is 4.39 Å². The lowest BCUT2D eigenvalue weighted by Gasteiger charge is -2.38. The molecule has 0 bridgehead atoms. The van der Waals surface area contributed by atoms with Gasteiger partial charge in [-0.05, 0) is 30.7 Å². The fourth-order valence-corrected chi connectivity index (χ4v) is 4.88. The van der Waals surface area contributed by atoms with Gasteiger partial charge in [0.2, 0.25) is 0 Å². The highest BCUT2D eigenvalue weighted by molar-refractivity contribution is 5.78. The van der Waals surface area contributed by atoms with Crippen molar-refractivity contribution >= 4 is 11.6 Å². The summed E-state index contributed by atoms with van der Waals surface area (Å²) in [6, 6.07) is 10.5. The fourth-order valence-electron chi connectivity index (χ4n) is 4.88. The van der Waals surface area contributed by atoms with Crippen molar-refractivity contribution in [1.29, 1.82) is 0 Å². The number of rotatable bonds is 7. The number of halogens is 1. The van der Waals surface area contributed by atoms with Gasteiger partial charge >= 0.3 is 0 Å². The molecule has 186 valence electrons. The van der Waals surface area contributed by atoms with Crippen molar-refractivity contribution < 1.29 is 23.4 Å². The number of methoxy groups -OCH3 is 2. The third-order valence-corrected chi connectivity index (χ3v) is 6.78. The highest BCUT2D eigenvalue weighted by atomic mass is 19.1. The summed E-state index contributed by atoms with van der Waals surface area (Å²) in [5.41, 5.74) is 4.39. The summed E-state index contributed by atoms with van der Waals surface area (Å²) in [6.45, 7) is 8.20. The van der Waals surface area contributed by atoms with Gasteiger partial charge in [-0.2, -0.15) is 0 Å². The van der Waals surface area contributed by atoms with Crippen LogP contribution in [0.15, 0.2) is 48.2 Å². The van der Waals surface area contributed by atoms with E-state index in [2.05, 4.69) is 22.8 Å². The van der Waals surface area contributed by atoms with Crippen LogP contribution < -0.4 is 14.2 Å². The Morgan fingerprint density at radius 2 is 1.71 bits per heavy atom. The van der Waals surface area contributed by atoms with E-state index in [4.69, 9.17) is 19.0 Å². The quantitative estimate of drug-likeness (QED) is 0.595. The van der Waals surface area contributed by atoms with Gasteiger partial charge in [0.15, 0.2) is 11.5 Å². The second kappa shape index (κ2) is 10.3. The lowest BCUT2D eigenvalue weighted by atomic mass is 9.96. The molecule has 1 atom stereocenters. The molecular weight excluding hydrogens is 449 g/mol. The molecule has 1 saturated heterocycles. The van der Waals surface area contributed by atoms with E-state index in [0.717, 1.165) is 61.8 Å². The topological polar surface area (TPSA) is 46.6 Å². The first-order valence-corrected chi connectivity index (χ1v) is 11.9. The molecule has 0 saturated carbocycles. The third-order valence-electron chi connectivity index (χ3n) is 6.78. The molecule has 1 fully saturated rings. The zero-order valence-electron chi connectivity index (χ0n) is 20.5. The number of ether oxygens (including phenoxy) is 3. The zero-order chi connectivity index (χ0) is 24.4. The molecule has 3 aliphatic heterocycles. The molecule has 2 aromatic rings. The van der Waals surface area contributed by atoms with Crippen LogP contribution >= 0.6 is 0 Å². The Bertz CT molecular complexity index is 1110. The molecule has 0 amide bonds. The van der Waals surface area contributed by atoms with Crippen LogP contribution in [-0.2, 0) is 4.84 Å². The maximum atomic E-state index is 13.1. The van der Waals surface area contributed by atoms with Gasteiger partial charge in [0.05, 0.1) is 20.9 Å². The summed E-state index contributed by atoms with van der Waals surface area (Å²) in [4.78, 5) is 10.9. The van der Waals surface area contributed by atoms with Gasteiger partial charge in [0.1, 0.15) is 30.5 Å². The molecule has 3 aliphatic rings. The highest BCUT2D eigenvalue weighted by Gasteiger charge is 2.38. The number of piperazine rings is 1. The minimum atomic E-state index is -0.204. The van der Waals surface area contributed by atoms with Crippen molar-refractivity contribution in [3.63, 3.8) is 0 Å². The van der Waals surface area contributed by atoms with Gasteiger partial charge in [0, 0.05) is 49.9 Å². The van der Waals surface area contributed by atoms with Gasteiger partial charge in [-0.15, -0.1) is 5.06 Å². The molecule has 7 nitrogen and oxygen atoms in total. The number of benzene rings is 2. The molecule has 0 radical (unpaired) electrons. The average Bonchev–Trinajstić information content (AvgIpc) is 3.28. The number of fused-ring (bicyclic) bond motifs is 3. The number of nitrogens with zero attached hydrogens (tertiary/aromatic N) is 3. The SMILES string of the molecule is COc1cc2c(cc1OC)C1=CON(CN3CCN(C/C(C)=C/c4ccc(F)cc4)CC3)C1CO2. The van der Waals surface area contributed by atoms with Gasteiger partial charge in [-0.1, -0.05) is 23.8 Å². The Labute approximate surface area is 205 Å². The smallest absolute Gasteiger partial charge is 0.164 e. The highest BCUT2D eigenvalue weighted by Crippen LogP contribution is 2.44. The summed E-state index contributed by atoms with van der Waals surface area (Å²) in [7, 11) is 3.26. The Morgan fingerprint density at radius 1 is 1.03 bits per heavy atom. The van der Waals surface area contributed by atoms with Crippen LogP contribution in [0.2, 0.25) is 0 Å².